The number of alkyl halides is 1. The Balaban J connectivity index is 1.90. The van der Waals surface area contributed by atoms with Crippen LogP contribution in [-0.2, 0) is 6.42 Å². The lowest BCUT2D eigenvalue weighted by atomic mass is 9.87. The van der Waals surface area contributed by atoms with Crippen molar-refractivity contribution in [2.24, 2.45) is 0 Å². The first kappa shape index (κ1) is 17.1. The first-order valence-corrected chi connectivity index (χ1v) is 8.92. The average molecular weight is 350 g/mol. The second-order valence-corrected chi connectivity index (χ2v) is 6.60. The van der Waals surface area contributed by atoms with Crippen LogP contribution in [0.5, 0.6) is 5.75 Å². The molecular weight excluding hydrogens is 326 g/mol. The molecule has 2 aliphatic rings. The molecule has 3 rings (SSSR count). The van der Waals surface area contributed by atoms with Crippen molar-refractivity contribution >= 4 is 29.5 Å². The fourth-order valence-electron chi connectivity index (χ4n) is 3.33. The van der Waals surface area contributed by atoms with E-state index in [1.807, 2.05) is 13.1 Å². The number of rotatable bonds is 5. The van der Waals surface area contributed by atoms with Gasteiger partial charge in [0.15, 0.2) is 0 Å². The van der Waals surface area contributed by atoms with E-state index in [1.165, 1.54) is 11.1 Å². The van der Waals surface area contributed by atoms with Crippen LogP contribution in [0.4, 0.5) is 10.5 Å². The Kier molecular flexibility index (Phi) is 5.31. The Morgan fingerprint density at radius 2 is 2.38 bits per heavy atom. The van der Waals surface area contributed by atoms with Crippen LogP contribution in [0.15, 0.2) is 12.1 Å². The summed E-state index contributed by atoms with van der Waals surface area (Å²) in [6.45, 7) is 2.17. The zero-order chi connectivity index (χ0) is 17.1. The maximum Gasteiger partial charge on any atom is 0.415 e. The van der Waals surface area contributed by atoms with Gasteiger partial charge in [-0.3, -0.25) is 0 Å². The number of carbonyl (C=O) groups is 1. The normalized spacial score (nSPS) is 17.9. The van der Waals surface area contributed by atoms with Crippen LogP contribution >= 0.6 is 11.6 Å². The topological polar surface area (TPSA) is 53.6 Å². The molecule has 1 aliphatic heterocycles. The predicted octanol–water partition coefficient (Wildman–Crippen LogP) is 3.04. The van der Waals surface area contributed by atoms with E-state index in [2.05, 4.69) is 22.8 Å². The van der Waals surface area contributed by atoms with Gasteiger partial charge in [0.05, 0.1) is 0 Å². The van der Waals surface area contributed by atoms with E-state index < -0.39 is 0 Å². The van der Waals surface area contributed by atoms with E-state index in [0.29, 0.717) is 24.1 Å². The summed E-state index contributed by atoms with van der Waals surface area (Å²) in [4.78, 5) is 13.9. The highest BCUT2D eigenvalue weighted by Gasteiger charge is 2.29. The minimum Gasteiger partial charge on any atom is -0.409 e. The first-order valence-electron chi connectivity index (χ1n) is 8.39. The van der Waals surface area contributed by atoms with E-state index in [4.69, 9.17) is 16.3 Å². The lowest BCUT2D eigenvalue weighted by Crippen LogP contribution is -2.35. The number of halogens is 1. The van der Waals surface area contributed by atoms with E-state index in [9.17, 15) is 4.79 Å². The maximum absolute atomic E-state index is 12.3. The monoisotopic (exact) mass is 349 g/mol. The van der Waals surface area contributed by atoms with Gasteiger partial charge in [-0.15, -0.1) is 11.6 Å². The minimum absolute atomic E-state index is 0.324. The standard InChI is InChI=1S/C18H24ClN3O2/c1-20-7-8-22(2)18(23)24-16-9-15-17(12(10-19)11-21-15)14-6-4-3-5-13(14)16/h3,5,9,12,20-21H,4,6-8,10-11H2,1-2H3/t12-/m1/s1. The molecule has 1 aromatic rings. The molecule has 0 unspecified atom stereocenters. The lowest BCUT2D eigenvalue weighted by molar-refractivity contribution is 0.163. The van der Waals surface area contributed by atoms with Crippen LogP contribution in [0.25, 0.3) is 6.08 Å². The highest BCUT2D eigenvalue weighted by atomic mass is 35.5. The molecule has 0 saturated heterocycles. The number of nitrogens with zero attached hydrogens (tertiary/aromatic N) is 1. The number of nitrogens with one attached hydrogen (secondary N) is 2. The molecule has 0 fully saturated rings. The first-order chi connectivity index (χ1) is 11.7. The van der Waals surface area contributed by atoms with Crippen LogP contribution in [-0.4, -0.2) is 50.6 Å². The van der Waals surface area contributed by atoms with E-state index >= 15 is 0 Å². The molecule has 0 aromatic heterocycles. The fourth-order valence-corrected chi connectivity index (χ4v) is 3.59. The maximum atomic E-state index is 12.3. The molecule has 1 aliphatic carbocycles. The molecule has 0 bridgehead atoms. The van der Waals surface area contributed by atoms with Crippen LogP contribution in [0.2, 0.25) is 0 Å². The van der Waals surface area contributed by atoms with E-state index in [0.717, 1.165) is 37.2 Å². The molecule has 1 atom stereocenters. The van der Waals surface area contributed by atoms with Gasteiger partial charge in [-0.1, -0.05) is 12.2 Å². The van der Waals surface area contributed by atoms with Crippen molar-refractivity contribution in [1.29, 1.82) is 0 Å². The molecule has 0 saturated carbocycles. The summed E-state index contributed by atoms with van der Waals surface area (Å²) in [5.41, 5.74) is 4.64. The van der Waals surface area contributed by atoms with Crippen LogP contribution in [0.1, 0.15) is 29.0 Å². The van der Waals surface area contributed by atoms with Gasteiger partial charge in [0.25, 0.3) is 0 Å². The van der Waals surface area contributed by atoms with Crippen molar-refractivity contribution in [3.05, 3.63) is 28.8 Å². The van der Waals surface area contributed by atoms with Crippen LogP contribution < -0.4 is 15.4 Å². The summed E-state index contributed by atoms with van der Waals surface area (Å²) in [5, 5.41) is 6.43. The summed E-state index contributed by atoms with van der Waals surface area (Å²) < 4.78 is 5.70. The quantitative estimate of drug-likeness (QED) is 0.802. The van der Waals surface area contributed by atoms with Gasteiger partial charge in [-0.2, -0.15) is 0 Å². The fraction of sp³-hybridized carbons (Fsp3) is 0.500. The molecule has 1 heterocycles. The summed E-state index contributed by atoms with van der Waals surface area (Å²) in [6, 6.07) is 1.94. The van der Waals surface area contributed by atoms with Gasteiger partial charge in [0, 0.05) is 55.8 Å². The number of ether oxygens (including phenoxy) is 1. The predicted molar refractivity (Wildman–Crippen MR) is 98.3 cm³/mol. The second-order valence-electron chi connectivity index (χ2n) is 6.29. The van der Waals surface area contributed by atoms with Crippen molar-refractivity contribution in [2.75, 3.05) is 44.9 Å². The lowest BCUT2D eigenvalue weighted by Gasteiger charge is -2.22. The molecule has 0 radical (unpaired) electrons. The minimum atomic E-state index is -0.335. The molecule has 130 valence electrons. The number of benzene rings is 1. The average Bonchev–Trinajstić information content (AvgIpc) is 3.02. The zero-order valence-corrected chi connectivity index (χ0v) is 14.9. The summed E-state index contributed by atoms with van der Waals surface area (Å²) in [6.07, 6.45) is 5.84. The van der Waals surface area contributed by atoms with Crippen molar-refractivity contribution < 1.29 is 9.53 Å². The molecule has 2 N–H and O–H groups in total. The number of hydrogen-bond acceptors (Lipinski definition) is 4. The van der Waals surface area contributed by atoms with E-state index in [1.54, 1.807) is 11.9 Å². The van der Waals surface area contributed by atoms with Crippen LogP contribution in [0.3, 0.4) is 0 Å². The van der Waals surface area contributed by atoms with Gasteiger partial charge in [0.2, 0.25) is 0 Å². The summed E-state index contributed by atoms with van der Waals surface area (Å²) >= 11 is 6.14. The Labute approximate surface area is 148 Å². The molecule has 6 heteroatoms. The number of allylic oxidation sites excluding steroid dienone is 1. The van der Waals surface area contributed by atoms with Crippen molar-refractivity contribution in [2.45, 2.75) is 18.8 Å². The summed E-state index contributed by atoms with van der Waals surface area (Å²) in [5.74, 6) is 1.55. The molecule has 24 heavy (non-hydrogen) atoms. The van der Waals surface area contributed by atoms with Gasteiger partial charge in [-0.05, 0) is 31.0 Å². The van der Waals surface area contributed by atoms with Crippen LogP contribution in [0, 0.1) is 0 Å². The molecule has 1 amide bonds. The number of likely N-dealkylation sites (N-methyl/N-ethyl adjacent to an activating group) is 2. The summed E-state index contributed by atoms with van der Waals surface area (Å²) in [7, 11) is 3.61. The highest BCUT2D eigenvalue weighted by molar-refractivity contribution is 6.18. The Morgan fingerprint density at radius 1 is 1.54 bits per heavy atom. The SMILES string of the molecule is CNCCN(C)C(=O)Oc1cc2c(c3c1C=CCC3)[C@H](CCl)CN2. The van der Waals surface area contributed by atoms with Gasteiger partial charge in [0.1, 0.15) is 5.75 Å². The molecular formula is C18H24ClN3O2. The van der Waals surface area contributed by atoms with Gasteiger partial charge in [-0.25, -0.2) is 4.79 Å². The third-order valence-electron chi connectivity index (χ3n) is 4.67. The number of amides is 1. The Hall–Kier alpha value is -1.72. The third kappa shape index (κ3) is 3.23. The number of carbonyl (C=O) groups excluding carboxylic acids is 1. The van der Waals surface area contributed by atoms with E-state index in [-0.39, 0.29) is 6.09 Å². The second kappa shape index (κ2) is 7.45. The van der Waals surface area contributed by atoms with Gasteiger partial charge >= 0.3 is 6.09 Å². The van der Waals surface area contributed by atoms with Gasteiger partial charge < -0.3 is 20.3 Å². The Morgan fingerprint density at radius 3 is 3.12 bits per heavy atom. The highest BCUT2D eigenvalue weighted by Crippen LogP contribution is 2.43. The molecule has 0 spiro atoms. The smallest absolute Gasteiger partial charge is 0.409 e. The third-order valence-corrected chi connectivity index (χ3v) is 5.04. The molecule has 5 nitrogen and oxygen atoms in total. The van der Waals surface area contributed by atoms with Crippen molar-refractivity contribution in [3.63, 3.8) is 0 Å². The molecule has 1 aromatic carbocycles. The Bertz CT molecular complexity index is 660. The van der Waals surface area contributed by atoms with Crippen molar-refractivity contribution in [3.8, 4) is 5.75 Å². The largest absolute Gasteiger partial charge is 0.415 e. The zero-order valence-electron chi connectivity index (χ0n) is 14.2. The van der Waals surface area contributed by atoms with Crippen molar-refractivity contribution in [1.82, 2.24) is 10.2 Å². The number of hydrogen-bond donors (Lipinski definition) is 2. The number of fused-ring (bicyclic) bond motifs is 3. The number of anilines is 1.